The van der Waals surface area contributed by atoms with E-state index in [0.29, 0.717) is 12.8 Å². The zero-order valence-corrected chi connectivity index (χ0v) is 10.5. The fourth-order valence-corrected chi connectivity index (χ4v) is 3.74. The van der Waals surface area contributed by atoms with Crippen molar-refractivity contribution >= 4 is 16.0 Å². The lowest BCUT2D eigenvalue weighted by molar-refractivity contribution is -0.141. The first-order chi connectivity index (χ1) is 7.34. The number of sulfonamides is 1. The SMILES string of the molecule is CC(NS(=O)(=O)C1CCCC1)C(C)C(=O)O. The molecule has 0 saturated heterocycles. The third-order valence-corrected chi connectivity index (χ3v) is 5.28. The molecule has 0 radical (unpaired) electrons. The molecule has 2 unspecified atom stereocenters. The minimum absolute atomic E-state index is 0.337. The molecule has 0 heterocycles. The van der Waals surface area contributed by atoms with Gasteiger partial charge in [-0.15, -0.1) is 0 Å². The normalized spacial score (nSPS) is 21.9. The molecule has 1 aliphatic carbocycles. The number of aliphatic carboxylic acids is 1. The molecular formula is C10H19NO4S. The van der Waals surface area contributed by atoms with Gasteiger partial charge >= 0.3 is 5.97 Å². The van der Waals surface area contributed by atoms with Crippen molar-refractivity contribution in [2.75, 3.05) is 0 Å². The summed E-state index contributed by atoms with van der Waals surface area (Å²) < 4.78 is 26.2. The summed E-state index contributed by atoms with van der Waals surface area (Å²) in [5.74, 6) is -1.70. The van der Waals surface area contributed by atoms with Crippen LogP contribution in [0.4, 0.5) is 0 Å². The summed E-state index contributed by atoms with van der Waals surface area (Å²) in [5, 5.41) is 8.44. The zero-order valence-electron chi connectivity index (χ0n) is 9.64. The second-order valence-corrected chi connectivity index (χ2v) is 6.48. The molecule has 2 atom stereocenters. The largest absolute Gasteiger partial charge is 0.481 e. The first-order valence-corrected chi connectivity index (χ1v) is 7.13. The van der Waals surface area contributed by atoms with Gasteiger partial charge in [-0.2, -0.15) is 0 Å². The highest BCUT2D eigenvalue weighted by molar-refractivity contribution is 7.90. The zero-order chi connectivity index (χ0) is 12.3. The van der Waals surface area contributed by atoms with Crippen LogP contribution in [0.2, 0.25) is 0 Å². The maximum absolute atomic E-state index is 11.9. The van der Waals surface area contributed by atoms with Crippen LogP contribution in [0, 0.1) is 5.92 Å². The number of hydrogen-bond donors (Lipinski definition) is 2. The predicted octanol–water partition coefficient (Wildman–Crippen LogP) is 0.958. The Kier molecular flexibility index (Phi) is 4.32. The lowest BCUT2D eigenvalue weighted by Gasteiger charge is -2.20. The second kappa shape index (κ2) is 5.14. The smallest absolute Gasteiger partial charge is 0.307 e. The molecule has 0 aliphatic heterocycles. The van der Waals surface area contributed by atoms with Crippen LogP contribution in [0.3, 0.4) is 0 Å². The third-order valence-electron chi connectivity index (χ3n) is 3.23. The van der Waals surface area contributed by atoms with E-state index in [4.69, 9.17) is 5.11 Å². The minimum atomic E-state index is -3.35. The fourth-order valence-electron chi connectivity index (χ4n) is 1.87. The average molecular weight is 249 g/mol. The molecule has 16 heavy (non-hydrogen) atoms. The molecule has 0 aromatic rings. The highest BCUT2D eigenvalue weighted by Gasteiger charge is 2.32. The number of carboxylic acids is 1. The molecule has 94 valence electrons. The Balaban J connectivity index is 2.61. The molecule has 0 bridgehead atoms. The van der Waals surface area contributed by atoms with Gasteiger partial charge in [0.05, 0.1) is 11.2 Å². The van der Waals surface area contributed by atoms with Gasteiger partial charge in [-0.3, -0.25) is 4.79 Å². The molecule has 1 aliphatic rings. The van der Waals surface area contributed by atoms with Crippen molar-refractivity contribution in [1.82, 2.24) is 4.72 Å². The van der Waals surface area contributed by atoms with Crippen molar-refractivity contribution in [3.63, 3.8) is 0 Å². The number of carboxylic acid groups (broad SMARTS) is 1. The van der Waals surface area contributed by atoms with E-state index >= 15 is 0 Å². The molecule has 1 fully saturated rings. The Bertz CT molecular complexity index is 346. The first kappa shape index (κ1) is 13.4. The Morgan fingerprint density at radius 3 is 2.25 bits per heavy atom. The van der Waals surface area contributed by atoms with E-state index in [1.807, 2.05) is 0 Å². The van der Waals surface area contributed by atoms with Gasteiger partial charge in [0.15, 0.2) is 0 Å². The van der Waals surface area contributed by atoms with E-state index in [2.05, 4.69) is 4.72 Å². The van der Waals surface area contributed by atoms with Crippen LogP contribution in [0.25, 0.3) is 0 Å². The van der Waals surface area contributed by atoms with E-state index in [0.717, 1.165) is 12.8 Å². The second-order valence-electron chi connectivity index (χ2n) is 4.48. The van der Waals surface area contributed by atoms with Crippen molar-refractivity contribution in [2.24, 2.45) is 5.92 Å². The predicted molar refractivity (Wildman–Crippen MR) is 60.6 cm³/mol. The molecule has 6 heteroatoms. The summed E-state index contributed by atoms with van der Waals surface area (Å²) >= 11 is 0. The number of nitrogens with one attached hydrogen (secondary N) is 1. The minimum Gasteiger partial charge on any atom is -0.481 e. The summed E-state index contributed by atoms with van der Waals surface area (Å²) in [6.07, 6.45) is 3.25. The van der Waals surface area contributed by atoms with Crippen molar-refractivity contribution in [1.29, 1.82) is 0 Å². The summed E-state index contributed by atoms with van der Waals surface area (Å²) in [5.41, 5.74) is 0. The maximum Gasteiger partial charge on any atom is 0.307 e. The topological polar surface area (TPSA) is 83.5 Å². The first-order valence-electron chi connectivity index (χ1n) is 5.58. The van der Waals surface area contributed by atoms with Gasteiger partial charge in [-0.25, -0.2) is 13.1 Å². The van der Waals surface area contributed by atoms with Crippen molar-refractivity contribution in [2.45, 2.75) is 50.8 Å². The lowest BCUT2D eigenvalue weighted by Crippen LogP contribution is -2.43. The van der Waals surface area contributed by atoms with Crippen molar-refractivity contribution < 1.29 is 18.3 Å². The average Bonchev–Trinajstić information content (AvgIpc) is 2.68. The summed E-state index contributed by atoms with van der Waals surface area (Å²) in [6.45, 7) is 3.09. The maximum atomic E-state index is 11.9. The van der Waals surface area contributed by atoms with Crippen LogP contribution in [-0.4, -0.2) is 30.8 Å². The molecular weight excluding hydrogens is 230 g/mol. The molecule has 2 N–H and O–H groups in total. The van der Waals surface area contributed by atoms with Crippen LogP contribution < -0.4 is 4.72 Å². The molecule has 5 nitrogen and oxygen atoms in total. The molecule has 1 saturated carbocycles. The van der Waals surface area contributed by atoms with Gasteiger partial charge in [-0.05, 0) is 19.8 Å². The number of rotatable bonds is 5. The Morgan fingerprint density at radius 1 is 1.31 bits per heavy atom. The standard InChI is InChI=1S/C10H19NO4S/c1-7(10(12)13)8(2)11-16(14,15)9-5-3-4-6-9/h7-9,11H,3-6H2,1-2H3,(H,12,13). The Hall–Kier alpha value is -0.620. The van der Waals surface area contributed by atoms with Crippen molar-refractivity contribution in [3.05, 3.63) is 0 Å². The highest BCUT2D eigenvalue weighted by Crippen LogP contribution is 2.24. The number of hydrogen-bond acceptors (Lipinski definition) is 3. The van der Waals surface area contributed by atoms with Gasteiger partial charge in [0.2, 0.25) is 10.0 Å². The van der Waals surface area contributed by atoms with Crippen LogP contribution in [0.5, 0.6) is 0 Å². The summed E-state index contributed by atoms with van der Waals surface area (Å²) in [6, 6.07) is -0.567. The fraction of sp³-hybridized carbons (Fsp3) is 0.900. The highest BCUT2D eigenvalue weighted by atomic mass is 32.2. The van der Waals surface area contributed by atoms with Gasteiger partial charge in [0.25, 0.3) is 0 Å². The summed E-state index contributed by atoms with van der Waals surface area (Å²) in [7, 11) is -3.35. The van der Waals surface area contributed by atoms with E-state index < -0.39 is 28.0 Å². The lowest BCUT2D eigenvalue weighted by atomic mass is 10.1. The van der Waals surface area contributed by atoms with E-state index in [1.54, 1.807) is 6.92 Å². The Labute approximate surface area is 96.3 Å². The van der Waals surface area contributed by atoms with Crippen LogP contribution in [-0.2, 0) is 14.8 Å². The quantitative estimate of drug-likeness (QED) is 0.760. The van der Waals surface area contributed by atoms with Crippen molar-refractivity contribution in [3.8, 4) is 0 Å². The van der Waals surface area contributed by atoms with Gasteiger partial charge in [-0.1, -0.05) is 19.8 Å². The van der Waals surface area contributed by atoms with E-state index in [9.17, 15) is 13.2 Å². The molecule has 0 aromatic carbocycles. The summed E-state index contributed by atoms with van der Waals surface area (Å²) in [4.78, 5) is 10.7. The molecule has 0 aromatic heterocycles. The van der Waals surface area contributed by atoms with Gasteiger partial charge in [0.1, 0.15) is 0 Å². The van der Waals surface area contributed by atoms with Crippen LogP contribution in [0.15, 0.2) is 0 Å². The van der Waals surface area contributed by atoms with E-state index in [1.165, 1.54) is 6.92 Å². The monoisotopic (exact) mass is 249 g/mol. The van der Waals surface area contributed by atoms with Gasteiger partial charge in [0, 0.05) is 6.04 Å². The molecule has 1 rings (SSSR count). The molecule has 0 spiro atoms. The number of carbonyl (C=O) groups is 1. The third kappa shape index (κ3) is 3.18. The molecule has 0 amide bonds. The van der Waals surface area contributed by atoms with Crippen LogP contribution in [0.1, 0.15) is 39.5 Å². The van der Waals surface area contributed by atoms with E-state index in [-0.39, 0.29) is 5.25 Å². The Morgan fingerprint density at radius 2 is 1.81 bits per heavy atom. The van der Waals surface area contributed by atoms with Gasteiger partial charge < -0.3 is 5.11 Å². The van der Waals surface area contributed by atoms with Crippen LogP contribution >= 0.6 is 0 Å².